The predicted octanol–water partition coefficient (Wildman–Crippen LogP) is 3.61. The first-order valence-corrected chi connectivity index (χ1v) is 11.2. The van der Waals surface area contributed by atoms with Crippen LogP contribution in [0.3, 0.4) is 0 Å². The molecule has 11 heteroatoms. The zero-order valence-corrected chi connectivity index (χ0v) is 18.0. The lowest BCUT2D eigenvalue weighted by molar-refractivity contribution is -0.0439. The van der Waals surface area contributed by atoms with Crippen LogP contribution in [-0.4, -0.2) is 34.6 Å². The molecule has 5 rings (SSSR count). The third-order valence-electron chi connectivity index (χ3n) is 7.54. The van der Waals surface area contributed by atoms with Gasteiger partial charge in [0.2, 0.25) is 0 Å². The maximum Gasteiger partial charge on any atom is 0.329 e. The quantitative estimate of drug-likeness (QED) is 0.669. The second-order valence-corrected chi connectivity index (χ2v) is 9.59. The molecule has 1 aliphatic heterocycles. The Hall–Kier alpha value is -2.43. The van der Waals surface area contributed by atoms with Crippen LogP contribution in [0.15, 0.2) is 9.59 Å². The van der Waals surface area contributed by atoms with Gasteiger partial charge in [0.1, 0.15) is 0 Å². The first kappa shape index (κ1) is 22.4. The molecule has 1 aromatic carbocycles. The molecule has 0 radical (unpaired) electrons. The minimum Gasteiger partial charge on any atom is -0.368 e. The van der Waals surface area contributed by atoms with E-state index in [0.717, 1.165) is 0 Å². The summed E-state index contributed by atoms with van der Waals surface area (Å²) in [4.78, 5) is 28.6. The highest BCUT2D eigenvalue weighted by Gasteiger charge is 2.50. The topological polar surface area (TPSA) is 84.1 Å². The van der Waals surface area contributed by atoms with E-state index < -0.39 is 52.3 Å². The van der Waals surface area contributed by atoms with Crippen LogP contribution in [0.1, 0.15) is 55.7 Å². The van der Waals surface area contributed by atoms with E-state index in [1.807, 2.05) is 4.98 Å². The summed E-state index contributed by atoms with van der Waals surface area (Å²) in [7, 11) is 0. The van der Waals surface area contributed by atoms with Gasteiger partial charge in [-0.1, -0.05) is 0 Å². The van der Waals surface area contributed by atoms with E-state index in [4.69, 9.17) is 5.73 Å². The Kier molecular flexibility index (Phi) is 5.11. The van der Waals surface area contributed by atoms with Crippen LogP contribution in [0.2, 0.25) is 0 Å². The summed E-state index contributed by atoms with van der Waals surface area (Å²) in [6.07, 6.45) is -1.60. The Morgan fingerprint density at radius 3 is 2.48 bits per heavy atom. The average Bonchev–Trinajstić information content (AvgIpc) is 3.49. The summed E-state index contributed by atoms with van der Waals surface area (Å²) in [6, 6.07) is -1.68. The van der Waals surface area contributed by atoms with Crippen LogP contribution in [0.25, 0.3) is 10.9 Å². The maximum atomic E-state index is 15.7. The number of H-pyrrole nitrogens is 1. The molecule has 0 amide bonds. The van der Waals surface area contributed by atoms with Gasteiger partial charge in [0.15, 0.2) is 5.82 Å². The van der Waals surface area contributed by atoms with E-state index in [0.29, 0.717) is 19.3 Å². The zero-order valence-electron chi connectivity index (χ0n) is 18.0. The van der Waals surface area contributed by atoms with Crippen LogP contribution < -0.4 is 21.9 Å². The number of alkyl halides is 4. The van der Waals surface area contributed by atoms with Gasteiger partial charge in [-0.05, 0) is 38.5 Å². The number of fused-ring (bicyclic) bond motifs is 2. The number of rotatable bonds is 3. The van der Waals surface area contributed by atoms with Crippen LogP contribution >= 0.6 is 0 Å². The van der Waals surface area contributed by atoms with Gasteiger partial charge < -0.3 is 10.6 Å². The highest BCUT2D eigenvalue weighted by molar-refractivity contribution is 5.90. The number of nitrogens with one attached hydrogen (secondary N) is 1. The number of aromatic amines is 1. The Balaban J connectivity index is 1.72. The lowest BCUT2D eigenvalue weighted by Crippen LogP contribution is -2.47. The number of benzene rings is 1. The number of hydrogen-bond donors (Lipinski definition) is 2. The first-order chi connectivity index (χ1) is 15.5. The summed E-state index contributed by atoms with van der Waals surface area (Å²) in [5, 5.41) is -0.535. The lowest BCUT2D eigenvalue weighted by Gasteiger charge is -2.29. The normalized spacial score (nSPS) is 27.3. The smallest absolute Gasteiger partial charge is 0.329 e. The molecular weight excluding hydrogens is 447 g/mol. The van der Waals surface area contributed by atoms with Gasteiger partial charge in [0, 0.05) is 37.0 Å². The van der Waals surface area contributed by atoms with Crippen molar-refractivity contribution < 1.29 is 22.0 Å². The monoisotopic (exact) mass is 472 g/mol. The van der Waals surface area contributed by atoms with Gasteiger partial charge in [0.05, 0.1) is 28.2 Å². The predicted molar refractivity (Wildman–Crippen MR) is 113 cm³/mol. The molecule has 2 saturated carbocycles. The van der Waals surface area contributed by atoms with E-state index in [-0.39, 0.29) is 54.7 Å². The number of aryl methyl sites for hydroxylation is 1. The molecule has 33 heavy (non-hydrogen) atoms. The lowest BCUT2D eigenvalue weighted by atomic mass is 9.87. The maximum absolute atomic E-state index is 15.7. The molecule has 0 bridgehead atoms. The highest BCUT2D eigenvalue weighted by atomic mass is 19.3. The van der Waals surface area contributed by atoms with Gasteiger partial charge in [-0.3, -0.25) is 14.3 Å². The van der Waals surface area contributed by atoms with Gasteiger partial charge in [-0.25, -0.2) is 26.7 Å². The minimum absolute atomic E-state index is 0.00970. The molecule has 1 aromatic heterocycles. The fourth-order valence-corrected chi connectivity index (χ4v) is 5.81. The van der Waals surface area contributed by atoms with Crippen molar-refractivity contribution in [3.8, 4) is 0 Å². The molecule has 3 fully saturated rings. The second-order valence-electron chi connectivity index (χ2n) is 9.59. The van der Waals surface area contributed by atoms with E-state index in [1.54, 1.807) is 0 Å². The van der Waals surface area contributed by atoms with Crippen molar-refractivity contribution >= 4 is 16.6 Å². The molecule has 6 nitrogen and oxygen atoms in total. The van der Waals surface area contributed by atoms with Crippen LogP contribution in [0.5, 0.6) is 0 Å². The summed E-state index contributed by atoms with van der Waals surface area (Å²) < 4.78 is 73.9. The van der Waals surface area contributed by atoms with Crippen molar-refractivity contribution in [2.75, 3.05) is 18.0 Å². The number of anilines is 1. The molecule has 3 N–H and O–H groups in total. The summed E-state index contributed by atoms with van der Waals surface area (Å²) in [5.41, 5.74) is 3.05. The fourth-order valence-electron chi connectivity index (χ4n) is 5.81. The molecule has 0 spiro atoms. The number of hydrogen-bond acceptors (Lipinski definition) is 4. The molecule has 2 heterocycles. The number of nitrogens with zero attached hydrogens (tertiary/aromatic N) is 2. The standard InChI is InChI=1S/C22H25F5N4O2/c1-9-16-14(20(32)29-21(33)31(16)11-4-5-11)13(19(24)25)15(23)17(9)30-7-10-3-2-6-22(26,27)18(28)12(10)8-30/h10-12,18-19H,2-8,28H2,1H3,(H,29,32,33). The van der Waals surface area contributed by atoms with Crippen molar-refractivity contribution in [1.29, 1.82) is 0 Å². The van der Waals surface area contributed by atoms with E-state index in [2.05, 4.69) is 0 Å². The highest BCUT2D eigenvalue weighted by Crippen LogP contribution is 2.46. The molecule has 3 atom stereocenters. The average molecular weight is 472 g/mol. The first-order valence-electron chi connectivity index (χ1n) is 11.2. The largest absolute Gasteiger partial charge is 0.368 e. The summed E-state index contributed by atoms with van der Waals surface area (Å²) in [6.45, 7) is 1.66. The Morgan fingerprint density at radius 1 is 1.15 bits per heavy atom. The third-order valence-corrected chi connectivity index (χ3v) is 7.54. The van der Waals surface area contributed by atoms with Crippen molar-refractivity contribution in [3.05, 3.63) is 37.8 Å². The Morgan fingerprint density at radius 2 is 1.85 bits per heavy atom. The minimum atomic E-state index is -3.31. The second kappa shape index (κ2) is 7.54. The summed E-state index contributed by atoms with van der Waals surface area (Å²) in [5.74, 6) is -5.17. The van der Waals surface area contributed by atoms with Gasteiger partial charge in [-0.2, -0.15) is 0 Å². The van der Waals surface area contributed by atoms with Crippen molar-refractivity contribution in [2.45, 2.75) is 63.5 Å². The fraction of sp³-hybridized carbons (Fsp3) is 0.636. The van der Waals surface area contributed by atoms with Crippen molar-refractivity contribution in [3.63, 3.8) is 0 Å². The summed E-state index contributed by atoms with van der Waals surface area (Å²) >= 11 is 0. The molecule has 2 aliphatic carbocycles. The van der Waals surface area contributed by atoms with E-state index in [1.165, 1.54) is 16.4 Å². The van der Waals surface area contributed by atoms with Crippen molar-refractivity contribution in [2.24, 2.45) is 17.6 Å². The van der Waals surface area contributed by atoms with Crippen LogP contribution in [0.4, 0.5) is 27.6 Å². The van der Waals surface area contributed by atoms with Gasteiger partial charge in [0.25, 0.3) is 17.9 Å². The molecule has 3 unspecified atom stereocenters. The number of aromatic nitrogens is 2. The molecule has 1 saturated heterocycles. The number of halogens is 5. The number of nitrogens with two attached hydrogens (primary N) is 1. The van der Waals surface area contributed by atoms with Crippen molar-refractivity contribution in [1.82, 2.24) is 9.55 Å². The Bertz CT molecular complexity index is 1240. The van der Waals surface area contributed by atoms with Crippen LogP contribution in [-0.2, 0) is 0 Å². The molecule has 2 aromatic rings. The Labute approximate surface area is 185 Å². The zero-order chi connectivity index (χ0) is 23.8. The molecule has 3 aliphatic rings. The SMILES string of the molecule is Cc1c(N2CC3CCCC(F)(F)C(N)C3C2)c(F)c(C(F)F)c2c(=O)[nH]c(=O)n(C3CC3)c12. The molecule has 180 valence electrons. The third kappa shape index (κ3) is 3.38. The van der Waals surface area contributed by atoms with Gasteiger partial charge >= 0.3 is 5.69 Å². The molecular formula is C22H25F5N4O2. The van der Waals surface area contributed by atoms with Gasteiger partial charge in [-0.15, -0.1) is 0 Å². The van der Waals surface area contributed by atoms with E-state index in [9.17, 15) is 27.2 Å². The van der Waals surface area contributed by atoms with Crippen LogP contribution in [0, 0.1) is 24.6 Å². The van der Waals surface area contributed by atoms with E-state index >= 15 is 4.39 Å².